The van der Waals surface area contributed by atoms with Gasteiger partial charge < -0.3 is 14.4 Å². The molecule has 53 heavy (non-hydrogen) atoms. The number of benzene rings is 2. The molecule has 1 amide bonds. The maximum atomic E-state index is 17.4. The Morgan fingerprint density at radius 2 is 1.91 bits per heavy atom. The molecule has 0 radical (unpaired) electrons. The molecule has 9 nitrogen and oxygen atoms in total. The van der Waals surface area contributed by atoms with E-state index in [1.807, 2.05) is 31.7 Å². The van der Waals surface area contributed by atoms with Crippen LogP contribution in [0.3, 0.4) is 0 Å². The number of amides is 1. The molecule has 0 saturated carbocycles. The van der Waals surface area contributed by atoms with Gasteiger partial charge in [-0.1, -0.05) is 37.1 Å². The number of carbonyl (C=O) groups is 1. The van der Waals surface area contributed by atoms with Crippen molar-refractivity contribution in [2.24, 2.45) is 0 Å². The molecule has 276 valence electrons. The molecule has 0 unspecified atom stereocenters. The van der Waals surface area contributed by atoms with Crippen LogP contribution in [-0.2, 0) is 4.74 Å². The summed E-state index contributed by atoms with van der Waals surface area (Å²) in [5, 5.41) is 1.54. The van der Waals surface area contributed by atoms with Crippen LogP contribution in [0.2, 0.25) is 0 Å². The molecule has 5 aliphatic rings. The summed E-state index contributed by atoms with van der Waals surface area (Å²) >= 11 is 0. The molecule has 4 saturated heterocycles. The van der Waals surface area contributed by atoms with Crippen molar-refractivity contribution >= 4 is 33.6 Å². The zero-order valence-electron chi connectivity index (χ0n) is 30.5. The fraction of sp³-hybridized carbons (Fsp3) is 0.512. The van der Waals surface area contributed by atoms with E-state index in [9.17, 15) is 9.18 Å². The molecule has 0 spiro atoms. The maximum absolute atomic E-state index is 17.4. The third kappa shape index (κ3) is 5.40. The van der Waals surface area contributed by atoms with Crippen molar-refractivity contribution in [1.82, 2.24) is 24.8 Å². The lowest BCUT2D eigenvalue weighted by atomic mass is 9.91. The third-order valence-electron chi connectivity index (χ3n) is 12.1. The van der Waals surface area contributed by atoms with Crippen LogP contribution in [0, 0.1) is 24.0 Å². The zero-order valence-corrected chi connectivity index (χ0v) is 30.5. The summed E-state index contributed by atoms with van der Waals surface area (Å²) in [6.45, 7) is 9.47. The summed E-state index contributed by atoms with van der Waals surface area (Å²) in [5.41, 5.74) is -0.0565. The van der Waals surface area contributed by atoms with E-state index in [0.29, 0.717) is 59.2 Å². The summed E-state index contributed by atoms with van der Waals surface area (Å²) in [6, 6.07) is 7.76. The number of piperazine rings is 1. The van der Waals surface area contributed by atoms with Gasteiger partial charge in [0.1, 0.15) is 41.2 Å². The number of hydrogen-bond donors (Lipinski definition) is 0. The summed E-state index contributed by atoms with van der Waals surface area (Å²) in [6.07, 6.45) is 8.86. The van der Waals surface area contributed by atoms with Crippen molar-refractivity contribution in [3.63, 3.8) is 0 Å². The third-order valence-corrected chi connectivity index (χ3v) is 12.1. The van der Waals surface area contributed by atoms with Crippen molar-refractivity contribution in [1.29, 1.82) is 0 Å². The molecule has 0 aliphatic carbocycles. The SMILES string of the molecule is C#Cc1c(F)ccc2cccc(-c3nc4c5c(nc(OC[C@@]67CCCN6C[C@H](F)C7)nc5c3F)N3C[C@H]5CC[C@@H]([C@H]3C[C@@H]4C)N5C(=O)OC(C)(C)C)c12. The molecule has 12 heteroatoms. The van der Waals surface area contributed by atoms with Crippen molar-refractivity contribution in [3.8, 4) is 29.6 Å². The van der Waals surface area contributed by atoms with E-state index >= 15 is 8.78 Å². The number of fused-ring (bicyclic) bond motifs is 7. The Morgan fingerprint density at radius 3 is 2.70 bits per heavy atom. The number of hydrogen-bond acceptors (Lipinski definition) is 8. The Morgan fingerprint density at radius 1 is 1.08 bits per heavy atom. The van der Waals surface area contributed by atoms with Crippen LogP contribution in [0.4, 0.5) is 23.8 Å². The molecule has 6 atom stereocenters. The predicted octanol–water partition coefficient (Wildman–Crippen LogP) is 7.52. The predicted molar refractivity (Wildman–Crippen MR) is 196 cm³/mol. The van der Waals surface area contributed by atoms with E-state index < -0.39 is 28.9 Å². The van der Waals surface area contributed by atoms with E-state index in [-0.39, 0.29) is 59.5 Å². The van der Waals surface area contributed by atoms with Gasteiger partial charge in [0, 0.05) is 36.4 Å². The minimum Gasteiger partial charge on any atom is -0.461 e. The molecule has 2 bridgehead atoms. The van der Waals surface area contributed by atoms with Crippen LogP contribution in [0.1, 0.15) is 83.4 Å². The van der Waals surface area contributed by atoms with Crippen LogP contribution in [-0.4, -0.2) is 92.5 Å². The lowest BCUT2D eigenvalue weighted by Crippen LogP contribution is -2.62. The van der Waals surface area contributed by atoms with Crippen molar-refractivity contribution in [2.45, 2.75) is 108 Å². The molecule has 0 N–H and O–H groups in total. The number of ether oxygens (including phenoxy) is 2. The Labute approximate surface area is 306 Å². The highest BCUT2D eigenvalue weighted by Gasteiger charge is 2.53. The average Bonchev–Trinajstić information content (AvgIpc) is 3.73. The number of alkyl halides is 1. The largest absolute Gasteiger partial charge is 0.461 e. The Hall–Kier alpha value is -4.63. The fourth-order valence-electron chi connectivity index (χ4n) is 9.95. The second-order valence-electron chi connectivity index (χ2n) is 16.6. The van der Waals surface area contributed by atoms with Crippen LogP contribution in [0.15, 0.2) is 30.3 Å². The van der Waals surface area contributed by atoms with Gasteiger partial charge in [-0.05, 0) is 70.9 Å². The van der Waals surface area contributed by atoms with Gasteiger partial charge in [-0.15, -0.1) is 6.42 Å². The molecule has 2 aromatic heterocycles. The van der Waals surface area contributed by atoms with E-state index in [0.717, 1.165) is 32.2 Å². The number of halogens is 3. The van der Waals surface area contributed by atoms with Gasteiger partial charge in [-0.2, -0.15) is 9.97 Å². The molecule has 5 aliphatic heterocycles. The minimum absolute atomic E-state index is 0.00142. The normalized spacial score (nSPS) is 27.8. The topological polar surface area (TPSA) is 83.9 Å². The fourth-order valence-corrected chi connectivity index (χ4v) is 9.95. The van der Waals surface area contributed by atoms with Crippen molar-refractivity contribution in [2.75, 3.05) is 31.1 Å². The first-order chi connectivity index (χ1) is 25.4. The highest BCUT2D eigenvalue weighted by atomic mass is 19.1. The average molecular weight is 725 g/mol. The second-order valence-corrected chi connectivity index (χ2v) is 16.6. The number of terminal acetylenes is 1. The molecular weight excluding hydrogens is 681 g/mol. The summed E-state index contributed by atoms with van der Waals surface area (Å²) in [7, 11) is 0. The lowest BCUT2D eigenvalue weighted by molar-refractivity contribution is 0.00692. The highest BCUT2D eigenvalue weighted by molar-refractivity contribution is 6.03. The van der Waals surface area contributed by atoms with Gasteiger partial charge in [0.15, 0.2) is 5.82 Å². The van der Waals surface area contributed by atoms with Crippen LogP contribution < -0.4 is 9.64 Å². The zero-order chi connectivity index (χ0) is 37.0. The monoisotopic (exact) mass is 724 g/mol. The number of nitrogens with zero attached hydrogens (tertiary/aromatic N) is 6. The summed E-state index contributed by atoms with van der Waals surface area (Å²) in [5.74, 6) is 1.51. The van der Waals surface area contributed by atoms with Crippen LogP contribution >= 0.6 is 0 Å². The lowest BCUT2D eigenvalue weighted by Gasteiger charge is -2.47. The number of aromatic nitrogens is 3. The first-order valence-corrected chi connectivity index (χ1v) is 18.7. The number of carbonyl (C=O) groups excluding carboxylic acids is 1. The highest BCUT2D eigenvalue weighted by Crippen LogP contribution is 2.48. The maximum Gasteiger partial charge on any atom is 0.410 e. The van der Waals surface area contributed by atoms with Crippen molar-refractivity contribution in [3.05, 3.63) is 53.2 Å². The second kappa shape index (κ2) is 12.2. The van der Waals surface area contributed by atoms with E-state index in [1.165, 1.54) is 6.07 Å². The quantitative estimate of drug-likeness (QED) is 0.200. The molecule has 2 aromatic carbocycles. The molecular formula is C41H43F3N6O3. The van der Waals surface area contributed by atoms with Crippen LogP contribution in [0.25, 0.3) is 32.9 Å². The first-order valence-electron chi connectivity index (χ1n) is 18.7. The van der Waals surface area contributed by atoms with Gasteiger partial charge in [0.05, 0.1) is 40.3 Å². The molecule has 4 aromatic rings. The van der Waals surface area contributed by atoms with Gasteiger partial charge in [-0.25, -0.2) is 22.9 Å². The number of anilines is 1. The molecule has 7 heterocycles. The molecule has 4 fully saturated rings. The van der Waals surface area contributed by atoms with Crippen molar-refractivity contribution < 1.29 is 27.4 Å². The summed E-state index contributed by atoms with van der Waals surface area (Å²) in [4.78, 5) is 34.7. The summed E-state index contributed by atoms with van der Waals surface area (Å²) < 4.78 is 59.5. The number of rotatable bonds is 4. The van der Waals surface area contributed by atoms with Crippen LogP contribution in [0.5, 0.6) is 6.01 Å². The Bertz CT molecular complexity index is 2220. The van der Waals surface area contributed by atoms with E-state index in [4.69, 9.17) is 30.8 Å². The Balaban J connectivity index is 1.22. The number of pyridine rings is 1. The van der Waals surface area contributed by atoms with E-state index in [2.05, 4.69) is 22.6 Å². The van der Waals surface area contributed by atoms with Gasteiger partial charge in [0.25, 0.3) is 0 Å². The first kappa shape index (κ1) is 34.2. The standard InChI is InChI=1S/C41H43F3N6O3/c1-6-26-28(43)13-11-23-9-7-10-27(31(23)26)35-33(44)36-32-34(45-35)22(2)17-30-29-14-12-25(50(29)39(51)53-40(3,4)5)20-49(30)37(32)47-38(46-36)52-21-41-15-8-16-48(41)19-24(42)18-41/h1,7,9-11,13,22,24-25,29-30H,8,12,14-21H2,2-5H3/t22-,24+,25+,29-,30+,41-/m0/s1. The van der Waals surface area contributed by atoms with Gasteiger partial charge in [-0.3, -0.25) is 9.80 Å². The van der Waals surface area contributed by atoms with Gasteiger partial charge >= 0.3 is 12.1 Å². The Kier molecular flexibility index (Phi) is 7.86. The van der Waals surface area contributed by atoms with E-state index in [1.54, 1.807) is 18.2 Å². The molecule has 9 rings (SSSR count). The van der Waals surface area contributed by atoms with Gasteiger partial charge in [0.2, 0.25) is 0 Å². The minimum atomic E-state index is -0.938. The smallest absolute Gasteiger partial charge is 0.410 e.